The van der Waals surface area contributed by atoms with Gasteiger partial charge in [0.05, 0.1) is 12.8 Å². The van der Waals surface area contributed by atoms with E-state index < -0.39 is 11.8 Å². The number of amides is 2. The summed E-state index contributed by atoms with van der Waals surface area (Å²) in [4.78, 5) is 11.4. The van der Waals surface area contributed by atoms with Crippen LogP contribution in [0, 0.1) is 5.82 Å². The third-order valence-electron chi connectivity index (χ3n) is 1.59. The number of carbonyl (C=O) groups is 1. The summed E-state index contributed by atoms with van der Waals surface area (Å²) in [6.45, 7) is 0. The lowest BCUT2D eigenvalue weighted by atomic mass is 10.3. The highest BCUT2D eigenvalue weighted by atomic mass is 32.2. The molecule has 2 amide bonds. The zero-order chi connectivity index (χ0) is 11.3. The van der Waals surface area contributed by atoms with Crippen LogP contribution in [0.3, 0.4) is 0 Å². The van der Waals surface area contributed by atoms with Crippen LogP contribution in [0.25, 0.3) is 0 Å². The first-order valence-electron chi connectivity index (χ1n) is 4.15. The first-order chi connectivity index (χ1) is 7.15. The normalized spacial score (nSPS) is 9.80. The first kappa shape index (κ1) is 11.8. The molecular formula is C9H11FN2O2S. The van der Waals surface area contributed by atoms with E-state index >= 15 is 0 Å². The van der Waals surface area contributed by atoms with Crippen LogP contribution >= 0.6 is 12.2 Å². The van der Waals surface area contributed by atoms with Gasteiger partial charge in [0.25, 0.3) is 0 Å². The maximum Gasteiger partial charge on any atom is 0.333 e. The lowest BCUT2D eigenvalue weighted by molar-refractivity contribution is 0.241. The Kier molecular flexibility index (Phi) is 4.38. The molecule has 1 rings (SSSR count). The third-order valence-corrected chi connectivity index (χ3v) is 2.13. The number of para-hydroxylation sites is 1. The second kappa shape index (κ2) is 5.57. The molecule has 15 heavy (non-hydrogen) atoms. The van der Waals surface area contributed by atoms with Crippen LogP contribution in [0.1, 0.15) is 0 Å². The molecule has 4 nitrogen and oxygen atoms in total. The Bertz CT molecular complexity index is 349. The third kappa shape index (κ3) is 3.41. The molecule has 0 fully saturated rings. The van der Waals surface area contributed by atoms with Crippen molar-refractivity contribution in [3.63, 3.8) is 0 Å². The van der Waals surface area contributed by atoms with Gasteiger partial charge < -0.3 is 5.32 Å². The van der Waals surface area contributed by atoms with Gasteiger partial charge in [-0.3, -0.25) is 4.18 Å². The standard InChI is InChI=1S/C9H11FN2O2S/c1-12(15-14-2)9(13)11-8-6-4-3-5-7(8)10/h3-6H,1-2H3,(H,11,13). The molecule has 0 atom stereocenters. The van der Waals surface area contributed by atoms with Gasteiger partial charge in [-0.25, -0.2) is 13.5 Å². The van der Waals surface area contributed by atoms with Gasteiger partial charge in [-0.2, -0.15) is 0 Å². The second-order valence-electron chi connectivity index (χ2n) is 2.65. The fourth-order valence-electron chi connectivity index (χ4n) is 0.902. The maximum absolute atomic E-state index is 13.1. The molecule has 0 aromatic heterocycles. The summed E-state index contributed by atoms with van der Waals surface area (Å²) >= 11 is 0.863. The van der Waals surface area contributed by atoms with Crippen molar-refractivity contribution in [3.05, 3.63) is 30.1 Å². The molecule has 0 bridgehead atoms. The molecule has 1 aromatic carbocycles. The Morgan fingerprint density at radius 3 is 2.80 bits per heavy atom. The van der Waals surface area contributed by atoms with E-state index in [1.165, 1.54) is 30.6 Å². The Morgan fingerprint density at radius 1 is 1.53 bits per heavy atom. The molecule has 1 aromatic rings. The summed E-state index contributed by atoms with van der Waals surface area (Å²) in [6, 6.07) is 5.50. The van der Waals surface area contributed by atoms with Crippen molar-refractivity contribution in [2.45, 2.75) is 0 Å². The van der Waals surface area contributed by atoms with E-state index in [1.54, 1.807) is 12.1 Å². The predicted octanol–water partition coefficient (Wildman–Crippen LogP) is 2.50. The molecule has 0 unspecified atom stereocenters. The molecule has 82 valence electrons. The molecule has 0 spiro atoms. The first-order valence-corrected chi connectivity index (χ1v) is 4.85. The summed E-state index contributed by atoms with van der Waals surface area (Å²) in [5, 5.41) is 2.41. The van der Waals surface area contributed by atoms with Crippen molar-refractivity contribution >= 4 is 23.9 Å². The lowest BCUT2D eigenvalue weighted by Gasteiger charge is -2.14. The number of halogens is 1. The van der Waals surface area contributed by atoms with E-state index in [0.717, 1.165) is 12.2 Å². The SMILES string of the molecule is COSN(C)C(=O)Nc1ccccc1F. The van der Waals surface area contributed by atoms with E-state index in [1.807, 2.05) is 0 Å². The van der Waals surface area contributed by atoms with Gasteiger partial charge in [-0.05, 0) is 12.1 Å². The average Bonchev–Trinajstić information content (AvgIpc) is 2.21. The lowest BCUT2D eigenvalue weighted by Crippen LogP contribution is -2.26. The molecule has 0 aliphatic carbocycles. The summed E-state index contributed by atoms with van der Waals surface area (Å²) < 4.78 is 19.0. The van der Waals surface area contributed by atoms with Crippen molar-refractivity contribution in [1.29, 1.82) is 0 Å². The van der Waals surface area contributed by atoms with Crippen LogP contribution in [0.15, 0.2) is 24.3 Å². The Labute approximate surface area is 91.7 Å². The van der Waals surface area contributed by atoms with Crippen molar-refractivity contribution < 1.29 is 13.4 Å². The summed E-state index contributed by atoms with van der Waals surface area (Å²) in [6.07, 6.45) is 0. The maximum atomic E-state index is 13.1. The van der Waals surface area contributed by atoms with Crippen molar-refractivity contribution in [1.82, 2.24) is 4.31 Å². The number of nitrogens with one attached hydrogen (secondary N) is 1. The smallest absolute Gasteiger partial charge is 0.304 e. The number of hydrogen-bond donors (Lipinski definition) is 1. The van der Waals surface area contributed by atoms with E-state index in [-0.39, 0.29) is 5.69 Å². The van der Waals surface area contributed by atoms with E-state index in [9.17, 15) is 9.18 Å². The highest BCUT2D eigenvalue weighted by molar-refractivity contribution is 7.92. The molecule has 0 aliphatic rings. The molecule has 6 heteroatoms. The van der Waals surface area contributed by atoms with Crippen molar-refractivity contribution in [2.24, 2.45) is 0 Å². The summed E-state index contributed by atoms with van der Waals surface area (Å²) in [7, 11) is 2.96. The van der Waals surface area contributed by atoms with Gasteiger partial charge >= 0.3 is 6.03 Å². The predicted molar refractivity (Wildman–Crippen MR) is 57.8 cm³/mol. The van der Waals surface area contributed by atoms with Crippen molar-refractivity contribution in [3.8, 4) is 0 Å². The molecule has 0 saturated carbocycles. The summed E-state index contributed by atoms with van der Waals surface area (Å²) in [5.74, 6) is -0.471. The van der Waals surface area contributed by atoms with Crippen LogP contribution in [0.2, 0.25) is 0 Å². The highest BCUT2D eigenvalue weighted by Gasteiger charge is 2.11. The van der Waals surface area contributed by atoms with E-state index in [0.29, 0.717) is 0 Å². The van der Waals surface area contributed by atoms with Gasteiger partial charge in [0.15, 0.2) is 0 Å². The topological polar surface area (TPSA) is 41.6 Å². The zero-order valence-electron chi connectivity index (χ0n) is 8.36. The van der Waals surface area contributed by atoms with E-state index in [2.05, 4.69) is 9.50 Å². The van der Waals surface area contributed by atoms with Crippen LogP contribution in [0.5, 0.6) is 0 Å². The number of anilines is 1. The van der Waals surface area contributed by atoms with Gasteiger partial charge in [0, 0.05) is 7.05 Å². The highest BCUT2D eigenvalue weighted by Crippen LogP contribution is 2.15. The zero-order valence-corrected chi connectivity index (χ0v) is 9.18. The quantitative estimate of drug-likeness (QED) is 0.640. The minimum Gasteiger partial charge on any atom is -0.304 e. The van der Waals surface area contributed by atoms with Crippen molar-refractivity contribution in [2.75, 3.05) is 19.5 Å². The minimum absolute atomic E-state index is 0.144. The fourth-order valence-corrected chi connectivity index (χ4v) is 1.24. The summed E-state index contributed by atoms with van der Waals surface area (Å²) in [5.41, 5.74) is 0.144. The number of nitrogens with zero attached hydrogens (tertiary/aromatic N) is 1. The van der Waals surface area contributed by atoms with Gasteiger partial charge in [0.1, 0.15) is 18.0 Å². The largest absolute Gasteiger partial charge is 0.333 e. The number of urea groups is 1. The number of carbonyl (C=O) groups excluding carboxylic acids is 1. The molecule has 0 heterocycles. The number of rotatable bonds is 3. The van der Waals surface area contributed by atoms with Crippen LogP contribution in [-0.2, 0) is 4.18 Å². The Balaban J connectivity index is 2.62. The molecular weight excluding hydrogens is 219 g/mol. The number of hydrogen-bond acceptors (Lipinski definition) is 3. The fraction of sp³-hybridized carbons (Fsp3) is 0.222. The Morgan fingerprint density at radius 2 is 2.20 bits per heavy atom. The average molecular weight is 230 g/mol. The Hall–Kier alpha value is -1.27. The van der Waals surface area contributed by atoms with Gasteiger partial charge in [-0.15, -0.1) is 0 Å². The van der Waals surface area contributed by atoms with E-state index in [4.69, 9.17) is 0 Å². The molecule has 0 radical (unpaired) electrons. The van der Waals surface area contributed by atoms with Crippen LogP contribution in [0.4, 0.5) is 14.9 Å². The van der Waals surface area contributed by atoms with Gasteiger partial charge in [-0.1, -0.05) is 12.1 Å². The molecule has 0 saturated heterocycles. The number of benzene rings is 1. The monoisotopic (exact) mass is 230 g/mol. The van der Waals surface area contributed by atoms with Gasteiger partial charge in [0.2, 0.25) is 0 Å². The second-order valence-corrected chi connectivity index (χ2v) is 3.68. The van der Waals surface area contributed by atoms with Crippen LogP contribution in [-0.4, -0.2) is 24.5 Å². The van der Waals surface area contributed by atoms with Crippen LogP contribution < -0.4 is 5.32 Å². The molecule has 0 aliphatic heterocycles. The minimum atomic E-state index is -0.471. The molecule has 1 N–H and O–H groups in total.